The molecule has 0 aliphatic rings. The second-order valence-corrected chi connectivity index (χ2v) is 1.33. The van der Waals surface area contributed by atoms with E-state index in [2.05, 4.69) is 10.1 Å². The van der Waals surface area contributed by atoms with E-state index < -0.39 is 12.0 Å². The Morgan fingerprint density at radius 2 is 2.10 bits per heavy atom. The van der Waals surface area contributed by atoms with E-state index in [4.69, 9.17) is 0 Å². The van der Waals surface area contributed by atoms with Crippen LogP contribution in [0.4, 0.5) is 13.2 Å². The summed E-state index contributed by atoms with van der Waals surface area (Å²) in [6, 6.07) is 0. The van der Waals surface area contributed by atoms with E-state index in [1.807, 2.05) is 0 Å². The fraction of sp³-hybridized carbons (Fsp3) is 0.333. The summed E-state index contributed by atoms with van der Waals surface area (Å²) in [5.74, 6) is -1.07. The van der Waals surface area contributed by atoms with E-state index in [0.29, 0.717) is 0 Å². The third kappa shape index (κ3) is 2.66. The zero-order valence-electron chi connectivity index (χ0n) is 6.11. The van der Waals surface area contributed by atoms with Crippen LogP contribution < -0.4 is 51.4 Å². The molecule has 1 rings (SSSR count). The van der Waals surface area contributed by atoms with Crippen LogP contribution in [0.15, 0.2) is 6.33 Å². The summed E-state index contributed by atoms with van der Waals surface area (Å²) in [7, 11) is 0. The average molecular weight is 177 g/mol. The second kappa shape index (κ2) is 3.81. The number of H-pyrrole nitrogens is 1. The minimum Gasteiger partial charge on any atom is -1.00 e. The van der Waals surface area contributed by atoms with Crippen LogP contribution in [-0.4, -0.2) is 15.2 Å². The molecular weight excluding hydrogens is 174 g/mol. The Kier molecular flexibility index (Phi) is 4.03. The standard InChI is InChI=1S/C3H2F3N3.K.H/c4-3(5,6)2-7-1-8-9-2;;/h1H,(H,7,8,9);;/q;+1;-1. The number of rotatable bonds is 0. The van der Waals surface area contributed by atoms with E-state index in [1.165, 1.54) is 0 Å². The smallest absolute Gasteiger partial charge is 1.00 e. The summed E-state index contributed by atoms with van der Waals surface area (Å²) in [4.78, 5) is 2.90. The van der Waals surface area contributed by atoms with Gasteiger partial charge in [-0.2, -0.15) is 18.3 Å². The van der Waals surface area contributed by atoms with E-state index >= 15 is 0 Å². The fourth-order valence-corrected chi connectivity index (χ4v) is 0.342. The van der Waals surface area contributed by atoms with Gasteiger partial charge in [-0.3, -0.25) is 5.10 Å². The number of nitrogens with zero attached hydrogens (tertiary/aromatic N) is 2. The van der Waals surface area contributed by atoms with Crippen molar-refractivity contribution in [1.82, 2.24) is 15.2 Å². The monoisotopic (exact) mass is 177 g/mol. The minimum atomic E-state index is -4.41. The maximum absolute atomic E-state index is 11.5. The molecule has 52 valence electrons. The van der Waals surface area contributed by atoms with Crippen molar-refractivity contribution in [2.24, 2.45) is 0 Å². The number of aromatic nitrogens is 3. The first-order chi connectivity index (χ1) is 4.11. The van der Waals surface area contributed by atoms with E-state index in [9.17, 15) is 13.2 Å². The Bertz CT molecular complexity index is 186. The Labute approximate surface area is 98.3 Å². The van der Waals surface area contributed by atoms with Crippen LogP contribution in [0, 0.1) is 0 Å². The van der Waals surface area contributed by atoms with Gasteiger partial charge in [-0.15, -0.1) is 0 Å². The molecule has 0 radical (unpaired) electrons. The predicted octanol–water partition coefficient (Wildman–Crippen LogP) is -2.06. The molecule has 1 aromatic rings. The molecule has 1 aromatic heterocycles. The van der Waals surface area contributed by atoms with Crippen molar-refractivity contribution in [3.8, 4) is 0 Å². The molecule has 0 unspecified atom stereocenters. The van der Waals surface area contributed by atoms with Gasteiger partial charge in [0.25, 0.3) is 0 Å². The molecule has 0 amide bonds. The van der Waals surface area contributed by atoms with Crippen LogP contribution >= 0.6 is 0 Å². The first kappa shape index (κ1) is 10.6. The van der Waals surface area contributed by atoms with Crippen molar-refractivity contribution in [1.29, 1.82) is 0 Å². The van der Waals surface area contributed by atoms with Crippen molar-refractivity contribution in [3.63, 3.8) is 0 Å². The Morgan fingerprint density at radius 3 is 2.30 bits per heavy atom. The summed E-state index contributed by atoms with van der Waals surface area (Å²) in [6.45, 7) is 0. The maximum Gasteiger partial charge on any atom is 1.00 e. The first-order valence-corrected chi connectivity index (χ1v) is 2.03. The molecular formula is C3H3F3KN3. The molecule has 0 fully saturated rings. The topological polar surface area (TPSA) is 41.6 Å². The largest absolute Gasteiger partial charge is 1.00 e. The SMILES string of the molecule is FC(F)(F)c1ncn[nH]1.[H-].[K+]. The molecule has 0 saturated heterocycles. The third-order valence-electron chi connectivity index (χ3n) is 0.684. The van der Waals surface area contributed by atoms with Gasteiger partial charge in [0.1, 0.15) is 6.33 Å². The second-order valence-electron chi connectivity index (χ2n) is 1.33. The van der Waals surface area contributed by atoms with E-state index in [1.54, 1.807) is 5.10 Å². The fourth-order valence-electron chi connectivity index (χ4n) is 0.342. The third-order valence-corrected chi connectivity index (χ3v) is 0.684. The zero-order valence-corrected chi connectivity index (χ0v) is 8.23. The van der Waals surface area contributed by atoms with Gasteiger partial charge in [0.15, 0.2) is 0 Å². The number of alkyl halides is 3. The number of hydrogen-bond acceptors (Lipinski definition) is 2. The molecule has 10 heavy (non-hydrogen) atoms. The Morgan fingerprint density at radius 1 is 1.50 bits per heavy atom. The first-order valence-electron chi connectivity index (χ1n) is 2.03. The maximum atomic E-state index is 11.5. The van der Waals surface area contributed by atoms with Crippen molar-refractivity contribution in [2.75, 3.05) is 0 Å². The summed E-state index contributed by atoms with van der Waals surface area (Å²) >= 11 is 0. The molecule has 0 bridgehead atoms. The van der Waals surface area contributed by atoms with Crippen LogP contribution in [0.25, 0.3) is 0 Å². The molecule has 0 aliphatic carbocycles. The Balaban J connectivity index is 0. The van der Waals surface area contributed by atoms with Gasteiger partial charge in [0, 0.05) is 0 Å². The van der Waals surface area contributed by atoms with Crippen molar-refractivity contribution >= 4 is 0 Å². The van der Waals surface area contributed by atoms with Gasteiger partial charge in [0.05, 0.1) is 0 Å². The molecule has 1 heterocycles. The van der Waals surface area contributed by atoms with Crippen LogP contribution in [0.2, 0.25) is 0 Å². The molecule has 0 saturated carbocycles. The number of nitrogens with one attached hydrogen (secondary N) is 1. The zero-order chi connectivity index (χ0) is 6.91. The molecule has 0 atom stereocenters. The summed E-state index contributed by atoms with van der Waals surface area (Å²) < 4.78 is 34.5. The van der Waals surface area contributed by atoms with Gasteiger partial charge < -0.3 is 1.43 Å². The van der Waals surface area contributed by atoms with Crippen LogP contribution in [-0.2, 0) is 6.18 Å². The molecule has 1 N–H and O–H groups in total. The van der Waals surface area contributed by atoms with Crippen molar-refractivity contribution in [2.45, 2.75) is 6.18 Å². The number of halogens is 3. The average Bonchev–Trinajstić information content (AvgIpc) is 2.08. The van der Waals surface area contributed by atoms with Crippen LogP contribution in [0.1, 0.15) is 7.25 Å². The van der Waals surface area contributed by atoms with Gasteiger partial charge in [-0.05, 0) is 0 Å². The molecule has 0 spiro atoms. The molecule has 0 aliphatic heterocycles. The van der Waals surface area contributed by atoms with Crippen molar-refractivity contribution < 1.29 is 66.0 Å². The van der Waals surface area contributed by atoms with Gasteiger partial charge in [-0.25, -0.2) is 4.98 Å². The molecule has 0 aromatic carbocycles. The summed E-state index contributed by atoms with van der Waals surface area (Å²) in [5.41, 5.74) is 0. The van der Waals surface area contributed by atoms with Gasteiger partial charge in [-0.1, -0.05) is 0 Å². The Hall–Kier alpha value is 0.566. The molecule has 3 nitrogen and oxygen atoms in total. The van der Waals surface area contributed by atoms with Crippen molar-refractivity contribution in [3.05, 3.63) is 12.2 Å². The normalized spacial score (nSPS) is 10.7. The molecule has 7 heteroatoms. The summed E-state index contributed by atoms with van der Waals surface area (Å²) in [5, 5.41) is 4.72. The van der Waals surface area contributed by atoms with Crippen LogP contribution in [0.5, 0.6) is 0 Å². The number of aromatic amines is 1. The quantitative estimate of drug-likeness (QED) is 0.463. The van der Waals surface area contributed by atoms with Gasteiger partial charge in [0.2, 0.25) is 5.82 Å². The van der Waals surface area contributed by atoms with E-state index in [0.717, 1.165) is 6.33 Å². The predicted molar refractivity (Wildman–Crippen MR) is 22.5 cm³/mol. The minimum absolute atomic E-state index is 0. The van der Waals surface area contributed by atoms with Crippen LogP contribution in [0.3, 0.4) is 0 Å². The van der Waals surface area contributed by atoms with Gasteiger partial charge >= 0.3 is 57.6 Å². The summed E-state index contributed by atoms with van der Waals surface area (Å²) in [6.07, 6.45) is -3.60. The van der Waals surface area contributed by atoms with E-state index in [-0.39, 0.29) is 52.8 Å². The number of hydrogen-bond donors (Lipinski definition) is 1.